The highest BCUT2D eigenvalue weighted by atomic mass is 15.4. The third kappa shape index (κ3) is 1.35. The van der Waals surface area contributed by atoms with Crippen molar-refractivity contribution in [3.05, 3.63) is 18.1 Å². The third-order valence-electron chi connectivity index (χ3n) is 4.05. The van der Waals surface area contributed by atoms with Crippen molar-refractivity contribution in [2.75, 3.05) is 18.0 Å². The van der Waals surface area contributed by atoms with Crippen LogP contribution in [-0.4, -0.2) is 38.2 Å². The highest BCUT2D eigenvalue weighted by Gasteiger charge is 2.50. The highest BCUT2D eigenvalue weighted by molar-refractivity contribution is 5.51. The molecule has 18 heavy (non-hydrogen) atoms. The number of anilines is 1. The van der Waals surface area contributed by atoms with E-state index in [9.17, 15) is 0 Å². The Morgan fingerprint density at radius 1 is 1.39 bits per heavy atom. The average Bonchev–Trinajstić information content (AvgIpc) is 3.04. The molecule has 6 nitrogen and oxygen atoms in total. The van der Waals surface area contributed by atoms with Gasteiger partial charge in [-0.1, -0.05) is 0 Å². The Bertz CT molecular complexity index is 608. The molecule has 0 radical (unpaired) electrons. The fraction of sp³-hybridized carbons (Fsp3) is 0.583. The standard InChI is InChI=1S/C12H16N6/c1-8-4-10(18-11(16-8)14-7-15-18)17-5-12(13,6-17)9-2-3-9/h4,7,9H,2-3,5-6,13H2,1H3. The predicted octanol–water partition coefficient (Wildman–Crippen LogP) is 0.360. The van der Waals surface area contributed by atoms with E-state index in [1.54, 1.807) is 10.8 Å². The Morgan fingerprint density at radius 3 is 2.89 bits per heavy atom. The molecule has 4 rings (SSSR count). The SMILES string of the molecule is Cc1cc(N2CC(N)(C3CC3)C2)n2ncnc2n1. The highest BCUT2D eigenvalue weighted by Crippen LogP contribution is 2.44. The summed E-state index contributed by atoms with van der Waals surface area (Å²) in [5.74, 6) is 2.44. The normalized spacial score (nSPS) is 22.2. The molecule has 0 aromatic carbocycles. The van der Waals surface area contributed by atoms with Crippen molar-refractivity contribution in [1.82, 2.24) is 19.6 Å². The van der Waals surface area contributed by atoms with E-state index in [1.165, 1.54) is 12.8 Å². The maximum absolute atomic E-state index is 6.39. The zero-order chi connectivity index (χ0) is 12.3. The molecular formula is C12H16N6. The van der Waals surface area contributed by atoms with E-state index in [1.807, 2.05) is 13.0 Å². The van der Waals surface area contributed by atoms with Crippen molar-refractivity contribution < 1.29 is 0 Å². The van der Waals surface area contributed by atoms with Crippen molar-refractivity contribution in [2.45, 2.75) is 25.3 Å². The Balaban J connectivity index is 1.69. The zero-order valence-electron chi connectivity index (χ0n) is 10.4. The number of rotatable bonds is 2. The Labute approximate surface area is 105 Å². The number of nitrogens with zero attached hydrogens (tertiary/aromatic N) is 5. The van der Waals surface area contributed by atoms with Crippen LogP contribution in [0.4, 0.5) is 5.82 Å². The molecule has 2 fully saturated rings. The number of aromatic nitrogens is 4. The van der Waals surface area contributed by atoms with Crippen LogP contribution in [0.15, 0.2) is 12.4 Å². The van der Waals surface area contributed by atoms with E-state index < -0.39 is 0 Å². The van der Waals surface area contributed by atoms with Crippen molar-refractivity contribution in [3.8, 4) is 0 Å². The molecule has 2 aromatic heterocycles. The van der Waals surface area contributed by atoms with Gasteiger partial charge in [0.05, 0.1) is 5.54 Å². The summed E-state index contributed by atoms with van der Waals surface area (Å²) in [5.41, 5.74) is 7.37. The minimum Gasteiger partial charge on any atom is -0.353 e. The number of fused-ring (bicyclic) bond motifs is 1. The van der Waals surface area contributed by atoms with Gasteiger partial charge < -0.3 is 10.6 Å². The summed E-state index contributed by atoms with van der Waals surface area (Å²) in [4.78, 5) is 10.8. The van der Waals surface area contributed by atoms with Crippen molar-refractivity contribution in [3.63, 3.8) is 0 Å². The molecule has 0 unspecified atom stereocenters. The molecule has 1 saturated heterocycles. The first-order chi connectivity index (χ1) is 8.66. The van der Waals surface area contributed by atoms with Crippen LogP contribution in [-0.2, 0) is 0 Å². The summed E-state index contributed by atoms with van der Waals surface area (Å²) in [6.07, 6.45) is 4.12. The van der Waals surface area contributed by atoms with Crippen LogP contribution in [0.3, 0.4) is 0 Å². The quantitative estimate of drug-likeness (QED) is 0.825. The summed E-state index contributed by atoms with van der Waals surface area (Å²) >= 11 is 0. The number of hydrogen-bond donors (Lipinski definition) is 1. The maximum atomic E-state index is 6.39. The molecule has 0 spiro atoms. The molecule has 2 N–H and O–H groups in total. The van der Waals surface area contributed by atoms with Crippen molar-refractivity contribution in [2.24, 2.45) is 11.7 Å². The summed E-state index contributed by atoms with van der Waals surface area (Å²) < 4.78 is 1.79. The van der Waals surface area contributed by atoms with E-state index in [2.05, 4.69) is 20.0 Å². The van der Waals surface area contributed by atoms with Gasteiger partial charge in [-0.15, -0.1) is 0 Å². The minimum absolute atomic E-state index is 0.0179. The lowest BCUT2D eigenvalue weighted by Gasteiger charge is -2.49. The van der Waals surface area contributed by atoms with E-state index in [-0.39, 0.29) is 5.54 Å². The molecule has 2 aromatic rings. The largest absolute Gasteiger partial charge is 0.353 e. The molecule has 94 valence electrons. The van der Waals surface area contributed by atoms with E-state index in [0.717, 1.165) is 30.5 Å². The van der Waals surface area contributed by atoms with Gasteiger partial charge in [-0.3, -0.25) is 0 Å². The van der Waals surface area contributed by atoms with Crippen LogP contribution in [0.2, 0.25) is 0 Å². The number of nitrogens with two attached hydrogens (primary N) is 1. The molecule has 6 heteroatoms. The van der Waals surface area contributed by atoms with Gasteiger partial charge in [0.1, 0.15) is 12.1 Å². The monoisotopic (exact) mass is 244 g/mol. The van der Waals surface area contributed by atoms with Gasteiger partial charge in [-0.2, -0.15) is 14.6 Å². The van der Waals surface area contributed by atoms with Crippen LogP contribution >= 0.6 is 0 Å². The zero-order valence-corrected chi connectivity index (χ0v) is 10.4. The van der Waals surface area contributed by atoms with Gasteiger partial charge in [0.15, 0.2) is 0 Å². The van der Waals surface area contributed by atoms with Crippen LogP contribution < -0.4 is 10.6 Å². The fourth-order valence-electron chi connectivity index (χ4n) is 2.88. The molecule has 0 atom stereocenters. The Hall–Kier alpha value is -1.69. The summed E-state index contributed by atoms with van der Waals surface area (Å²) in [6.45, 7) is 3.81. The summed E-state index contributed by atoms with van der Waals surface area (Å²) in [7, 11) is 0. The smallest absolute Gasteiger partial charge is 0.254 e. The number of hydrogen-bond acceptors (Lipinski definition) is 5. The first kappa shape index (κ1) is 10.3. The minimum atomic E-state index is 0.0179. The van der Waals surface area contributed by atoms with Crippen LogP contribution in [0.1, 0.15) is 18.5 Å². The molecule has 1 saturated carbocycles. The van der Waals surface area contributed by atoms with Crippen molar-refractivity contribution >= 4 is 11.6 Å². The lowest BCUT2D eigenvalue weighted by atomic mass is 9.86. The second-order valence-corrected chi connectivity index (χ2v) is 5.59. The fourth-order valence-corrected chi connectivity index (χ4v) is 2.88. The van der Waals surface area contributed by atoms with E-state index >= 15 is 0 Å². The van der Waals surface area contributed by atoms with Crippen LogP contribution in [0, 0.1) is 12.8 Å². The van der Waals surface area contributed by atoms with Gasteiger partial charge >= 0.3 is 0 Å². The Morgan fingerprint density at radius 2 is 2.17 bits per heavy atom. The average molecular weight is 244 g/mol. The third-order valence-corrected chi connectivity index (χ3v) is 4.05. The summed E-state index contributed by atoms with van der Waals surface area (Å²) in [6, 6.07) is 2.05. The lowest BCUT2D eigenvalue weighted by Crippen LogP contribution is -2.69. The van der Waals surface area contributed by atoms with E-state index in [0.29, 0.717) is 5.78 Å². The lowest BCUT2D eigenvalue weighted by molar-refractivity contribution is 0.288. The second kappa shape index (κ2) is 3.20. The molecular weight excluding hydrogens is 228 g/mol. The summed E-state index contributed by atoms with van der Waals surface area (Å²) in [5, 5.41) is 4.23. The second-order valence-electron chi connectivity index (χ2n) is 5.59. The van der Waals surface area contributed by atoms with Gasteiger partial charge in [0.2, 0.25) is 0 Å². The molecule has 1 aliphatic carbocycles. The van der Waals surface area contributed by atoms with E-state index in [4.69, 9.17) is 5.73 Å². The molecule has 0 bridgehead atoms. The Kier molecular flexibility index (Phi) is 1.82. The maximum Gasteiger partial charge on any atom is 0.254 e. The van der Waals surface area contributed by atoms with Gasteiger partial charge in [-0.25, -0.2) is 4.98 Å². The first-order valence-corrected chi connectivity index (χ1v) is 6.37. The van der Waals surface area contributed by atoms with Crippen LogP contribution in [0.25, 0.3) is 5.78 Å². The predicted molar refractivity (Wildman–Crippen MR) is 67.4 cm³/mol. The van der Waals surface area contributed by atoms with Gasteiger partial charge in [-0.05, 0) is 25.7 Å². The van der Waals surface area contributed by atoms with Gasteiger partial charge in [0.25, 0.3) is 5.78 Å². The van der Waals surface area contributed by atoms with Crippen molar-refractivity contribution in [1.29, 1.82) is 0 Å². The van der Waals surface area contributed by atoms with Crippen LogP contribution in [0.5, 0.6) is 0 Å². The molecule has 1 aliphatic heterocycles. The molecule has 0 amide bonds. The van der Waals surface area contributed by atoms with Gasteiger partial charge in [0, 0.05) is 24.8 Å². The first-order valence-electron chi connectivity index (χ1n) is 6.37. The topological polar surface area (TPSA) is 72.3 Å². The molecule has 3 heterocycles. The number of aryl methyl sites for hydroxylation is 1. The molecule has 2 aliphatic rings.